The number of ketones is 1. The van der Waals surface area contributed by atoms with Crippen LogP contribution in [0.4, 0.5) is 10.5 Å². The van der Waals surface area contributed by atoms with Crippen LogP contribution in [0.25, 0.3) is 0 Å². The minimum absolute atomic E-state index is 0.00242. The van der Waals surface area contributed by atoms with E-state index in [0.717, 1.165) is 12.8 Å². The number of carbonyl (C=O) groups excluding carboxylic acids is 5. The van der Waals surface area contributed by atoms with E-state index >= 15 is 0 Å². The fraction of sp³-hybridized carbons (Fsp3) is 0.683. The lowest BCUT2D eigenvalue weighted by molar-refractivity contribution is -0.386. The van der Waals surface area contributed by atoms with Crippen LogP contribution < -0.4 is 10.1 Å². The predicted molar refractivity (Wildman–Crippen MR) is 296 cm³/mol. The highest BCUT2D eigenvalue weighted by Crippen LogP contribution is 2.40. The molecule has 2 N–H and O–H groups in total. The van der Waals surface area contributed by atoms with E-state index in [4.69, 9.17) is 25.4 Å². The molecular formula is C60H91N5O12. The van der Waals surface area contributed by atoms with Gasteiger partial charge in [0.25, 0.3) is 0 Å². The summed E-state index contributed by atoms with van der Waals surface area (Å²) in [7, 11) is 4.67. The number of rotatable bonds is 26. The van der Waals surface area contributed by atoms with Crippen molar-refractivity contribution in [3.63, 3.8) is 0 Å². The van der Waals surface area contributed by atoms with E-state index in [1.807, 2.05) is 90.6 Å². The van der Waals surface area contributed by atoms with Crippen LogP contribution in [0.15, 0.2) is 48.5 Å². The van der Waals surface area contributed by atoms with E-state index in [1.165, 1.54) is 31.2 Å². The van der Waals surface area contributed by atoms with Crippen LogP contribution in [0.1, 0.15) is 152 Å². The Balaban J connectivity index is 1.48. The largest absolute Gasteiger partial charge is 0.457 e. The van der Waals surface area contributed by atoms with Crippen molar-refractivity contribution in [1.29, 1.82) is 0 Å². The minimum atomic E-state index is -1.11. The molecule has 77 heavy (non-hydrogen) atoms. The molecule has 3 unspecified atom stereocenters. The molecule has 4 rings (SSSR count). The number of Topliss-reactive ketones (excluding diaryl/α,β-unsaturated/α-hetero) is 1. The number of aliphatic hydroxyl groups excluding tert-OH is 1. The van der Waals surface area contributed by atoms with Crippen LogP contribution >= 0.6 is 0 Å². The fourth-order valence-electron chi connectivity index (χ4n) is 11.4. The summed E-state index contributed by atoms with van der Waals surface area (Å²) in [6, 6.07) is 11.1. The van der Waals surface area contributed by atoms with Crippen molar-refractivity contribution in [3.05, 3.63) is 69.8 Å². The van der Waals surface area contributed by atoms with E-state index in [-0.39, 0.29) is 107 Å². The van der Waals surface area contributed by atoms with E-state index < -0.39 is 71.5 Å². The molecular weight excluding hydrogens is 983 g/mol. The van der Waals surface area contributed by atoms with E-state index in [2.05, 4.69) is 25.1 Å². The van der Waals surface area contributed by atoms with Gasteiger partial charge in [-0.05, 0) is 73.8 Å². The summed E-state index contributed by atoms with van der Waals surface area (Å²) in [5.74, 6) is -0.359. The highest BCUT2D eigenvalue weighted by atomic mass is 16.7. The van der Waals surface area contributed by atoms with Gasteiger partial charge >= 0.3 is 11.8 Å². The Hall–Kier alpha value is -5.57. The first kappa shape index (κ1) is 64.0. The molecule has 0 bridgehead atoms. The molecule has 2 fully saturated rings. The highest BCUT2D eigenvalue weighted by molar-refractivity contribution is 5.92. The summed E-state index contributed by atoms with van der Waals surface area (Å²) in [5.41, 5.74) is 0.620. The van der Waals surface area contributed by atoms with Gasteiger partial charge in [-0.2, -0.15) is 0 Å². The molecule has 16 atom stereocenters. The van der Waals surface area contributed by atoms with Gasteiger partial charge in [0.2, 0.25) is 24.0 Å². The zero-order chi connectivity index (χ0) is 57.7. The molecule has 0 aliphatic carbocycles. The number of amides is 4. The number of aliphatic hydroxyl groups is 1. The summed E-state index contributed by atoms with van der Waals surface area (Å²) in [6.07, 6.45) is 3.15. The Labute approximate surface area is 459 Å². The van der Waals surface area contributed by atoms with Gasteiger partial charge in [-0.1, -0.05) is 119 Å². The Bertz CT molecular complexity index is 2340. The third kappa shape index (κ3) is 15.8. The molecule has 0 saturated carbocycles. The van der Waals surface area contributed by atoms with Crippen molar-refractivity contribution in [2.75, 3.05) is 27.7 Å². The fourth-order valence-corrected chi connectivity index (χ4v) is 11.4. The minimum Gasteiger partial charge on any atom is -0.457 e. The zero-order valence-corrected chi connectivity index (χ0v) is 48.8. The van der Waals surface area contributed by atoms with Crippen LogP contribution in [0.5, 0.6) is 5.75 Å². The number of likely N-dealkylation sites (N-methyl/N-ethyl adjacent to an activating group) is 2. The quantitative estimate of drug-likeness (QED) is 0.0513. The molecule has 4 amide bonds. The van der Waals surface area contributed by atoms with Gasteiger partial charge in [0.15, 0.2) is 11.5 Å². The van der Waals surface area contributed by atoms with Gasteiger partial charge in [0.05, 0.1) is 54.2 Å². The summed E-state index contributed by atoms with van der Waals surface area (Å²) in [6.45, 7) is 25.6. The molecule has 2 heterocycles. The lowest BCUT2D eigenvalue weighted by Gasteiger charge is -2.42. The summed E-state index contributed by atoms with van der Waals surface area (Å²) in [5, 5.41) is 26.3. The van der Waals surface area contributed by atoms with Crippen molar-refractivity contribution in [2.24, 2.45) is 53.3 Å². The lowest BCUT2D eigenvalue weighted by atomic mass is 9.79. The number of benzene rings is 2. The van der Waals surface area contributed by atoms with E-state index in [9.17, 15) is 39.2 Å². The smallest absolute Gasteiger partial charge is 0.410 e. The second kappa shape index (κ2) is 28.9. The maximum Gasteiger partial charge on any atom is 0.410 e. The summed E-state index contributed by atoms with van der Waals surface area (Å²) < 4.78 is 24.3. The van der Waals surface area contributed by atoms with Gasteiger partial charge in [-0.25, -0.2) is 4.79 Å². The van der Waals surface area contributed by atoms with Crippen molar-refractivity contribution >= 4 is 35.3 Å². The number of hydrogen-bond acceptors (Lipinski definition) is 12. The molecule has 0 aromatic heterocycles. The lowest BCUT2D eigenvalue weighted by Crippen LogP contribution is -2.54. The van der Waals surface area contributed by atoms with Crippen LogP contribution in [0.2, 0.25) is 0 Å². The molecule has 2 aromatic rings. The standard InChI is InChI=1S/C60H91N5O12/c1-18-24-50(45-28-29-51(48(31-45)65(72)73)76-59-41(12)37(8)38(9)43(14)75-59)77-60(71)63(16)54(35(5)6)49(66)32-46(34(3)4)58(70)62(15)55(36(7)19-2)52(74-17)33-53(67)64-30-23-27-47(64)39(10)40(11)57(69)61-42(13)56(68)44-25-21-20-22-26-44/h1,20-22,25-26,28-29,31,34-43,46-47,50,52,54-56,59,68H,19,23-24,27,30,32-33H2,2-17H3,(H,61,69)/t36-,37-,38-,39+,40+,41?,42+,43?,46-,47-,50?,52+,54-,55-,56+,59-/m0/s1. The number of hydrogen-bond donors (Lipinski definition) is 2. The molecule has 2 saturated heterocycles. The monoisotopic (exact) mass is 1070 g/mol. The number of ether oxygens (including phenoxy) is 4. The molecule has 428 valence electrons. The van der Waals surface area contributed by atoms with E-state index in [1.54, 1.807) is 38.8 Å². The Morgan fingerprint density at radius 1 is 0.909 bits per heavy atom. The SMILES string of the molecule is C#CCC(OC(=O)N(C)[C@H](C(=O)C[C@H](C(=O)N(C)[C@@H]([C@@H](C)CC)[C@@H](CC(=O)N1CCC[C@H]1[C@H](C)[C@@H](C)C(=O)N[C@H](C)[C@@H](O)c1ccccc1)OC)C(C)C)C(C)C)c1ccc(O[C@@H]2OC(C)[C@@H](C)[C@H](C)C2C)c([N+](=O)[O-])c1. The maximum absolute atomic E-state index is 14.8. The molecule has 17 nitrogen and oxygen atoms in total. The highest BCUT2D eigenvalue weighted by Gasteiger charge is 2.44. The molecule has 0 radical (unpaired) electrons. The molecule has 2 aliphatic rings. The van der Waals surface area contributed by atoms with Crippen molar-refractivity contribution < 1.29 is 52.9 Å². The normalized spacial score (nSPS) is 23.5. The first-order valence-corrected chi connectivity index (χ1v) is 27.8. The van der Waals surface area contributed by atoms with Crippen LogP contribution in [-0.2, 0) is 33.4 Å². The van der Waals surface area contributed by atoms with Gasteiger partial charge in [-0.15, -0.1) is 12.3 Å². The second-order valence-electron chi connectivity index (χ2n) is 22.9. The first-order valence-electron chi connectivity index (χ1n) is 27.8. The first-order chi connectivity index (χ1) is 36.2. The number of nitro groups is 1. The van der Waals surface area contributed by atoms with Crippen LogP contribution in [0, 0.1) is 75.7 Å². The average molecular weight is 1070 g/mol. The Morgan fingerprint density at radius 3 is 2.13 bits per heavy atom. The Kier molecular flexibility index (Phi) is 24.0. The third-order valence-corrected chi connectivity index (χ3v) is 17.2. The summed E-state index contributed by atoms with van der Waals surface area (Å²) in [4.78, 5) is 88.0. The Morgan fingerprint density at radius 2 is 1.56 bits per heavy atom. The number of carbonyl (C=O) groups is 5. The number of terminal acetylenes is 1. The second-order valence-corrected chi connectivity index (χ2v) is 22.9. The van der Waals surface area contributed by atoms with Crippen LogP contribution in [0.3, 0.4) is 0 Å². The van der Waals surface area contributed by atoms with Crippen molar-refractivity contribution in [3.8, 4) is 18.1 Å². The molecule has 0 spiro atoms. The number of nitro benzene ring substituents is 1. The molecule has 2 aliphatic heterocycles. The number of likely N-dealkylation sites (tertiary alicyclic amines) is 1. The van der Waals surface area contributed by atoms with Crippen molar-refractivity contribution in [1.82, 2.24) is 20.0 Å². The van der Waals surface area contributed by atoms with E-state index in [0.29, 0.717) is 18.5 Å². The number of methoxy groups -OCH3 is 1. The summed E-state index contributed by atoms with van der Waals surface area (Å²) >= 11 is 0. The number of nitrogens with one attached hydrogen (secondary N) is 1. The third-order valence-electron chi connectivity index (χ3n) is 17.2. The zero-order valence-electron chi connectivity index (χ0n) is 48.8. The van der Waals surface area contributed by atoms with Crippen LogP contribution in [-0.4, -0.2) is 125 Å². The van der Waals surface area contributed by atoms with Gasteiger partial charge in [-0.3, -0.25) is 29.3 Å². The predicted octanol–water partition coefficient (Wildman–Crippen LogP) is 9.80. The molecule has 17 heteroatoms. The molecule has 2 aromatic carbocycles. The number of nitrogens with zero attached hydrogens (tertiary/aromatic N) is 4. The average Bonchev–Trinajstić information content (AvgIpc) is 3.90. The van der Waals surface area contributed by atoms with Crippen molar-refractivity contribution in [2.45, 2.75) is 183 Å². The maximum atomic E-state index is 14.8. The van der Waals surface area contributed by atoms with Gasteiger partial charge < -0.3 is 44.1 Å². The van der Waals surface area contributed by atoms with Gasteiger partial charge in [0.1, 0.15) is 6.10 Å². The van der Waals surface area contributed by atoms with Gasteiger partial charge in [0, 0.05) is 69.6 Å². The topological polar surface area (TPSA) is 207 Å².